The highest BCUT2D eigenvalue weighted by molar-refractivity contribution is 7.15. The molecule has 3 nitrogen and oxygen atoms in total. The second kappa shape index (κ2) is 18.6. The molecule has 1 N–H and O–H groups in total. The Morgan fingerprint density at radius 2 is 0.656 bits per heavy atom. The molecule has 64 heavy (non-hydrogen) atoms. The first kappa shape index (κ1) is 41.4. The molecule has 0 aliphatic heterocycles. The van der Waals surface area contributed by atoms with Crippen LogP contribution >= 0.6 is 22.7 Å². The maximum Gasteiger partial charge on any atom is 0.0462 e. The number of nitrogens with zero attached hydrogens (tertiary/aromatic N) is 2. The fourth-order valence-electron chi connectivity index (χ4n) is 8.97. The number of hydrogen-bond donors (Lipinski definition) is 1. The smallest absolute Gasteiger partial charge is 0.0462 e. The van der Waals surface area contributed by atoms with Crippen molar-refractivity contribution in [3.8, 4) is 43.1 Å². The summed E-state index contributed by atoms with van der Waals surface area (Å²) in [5.74, 6) is 0. The molecule has 9 aromatic rings. The predicted octanol–water partition coefficient (Wildman–Crippen LogP) is 18.1. The van der Waals surface area contributed by atoms with Crippen LogP contribution in [0, 0.1) is 20.8 Å². The third kappa shape index (κ3) is 9.19. The van der Waals surface area contributed by atoms with Gasteiger partial charge in [0.2, 0.25) is 0 Å². The third-order valence-electron chi connectivity index (χ3n) is 12.5. The van der Waals surface area contributed by atoms with Gasteiger partial charge in [-0.05, 0) is 176 Å². The van der Waals surface area contributed by atoms with E-state index in [1.165, 1.54) is 96.2 Å². The highest BCUT2D eigenvalue weighted by Crippen LogP contribution is 2.41. The van der Waals surface area contributed by atoms with E-state index in [1.807, 2.05) is 22.7 Å². The molecule has 10 rings (SSSR count). The molecule has 5 heteroatoms. The molecular formula is C59H53N3S2. The van der Waals surface area contributed by atoms with Crippen molar-refractivity contribution in [2.45, 2.75) is 58.9 Å². The maximum atomic E-state index is 3.77. The highest BCUT2D eigenvalue weighted by atomic mass is 32.1. The minimum absolute atomic E-state index is 0.596. The maximum absolute atomic E-state index is 3.77. The lowest BCUT2D eigenvalue weighted by molar-refractivity contribution is 0.463. The number of hydrogen-bond acceptors (Lipinski definition) is 5. The first-order valence-corrected chi connectivity index (χ1v) is 24.2. The molecule has 2 aromatic heterocycles. The Labute approximate surface area is 387 Å². The van der Waals surface area contributed by atoms with Crippen molar-refractivity contribution >= 4 is 62.5 Å². The lowest BCUT2D eigenvalue weighted by atomic mass is 9.95. The fourth-order valence-corrected chi connectivity index (χ4v) is 10.7. The van der Waals surface area contributed by atoms with Gasteiger partial charge in [-0.3, -0.25) is 0 Å². The summed E-state index contributed by atoms with van der Waals surface area (Å²) in [6, 6.07) is 72.1. The lowest BCUT2D eigenvalue weighted by Crippen LogP contribution is -2.22. The van der Waals surface area contributed by atoms with Crippen LogP contribution < -0.4 is 15.1 Å². The third-order valence-corrected chi connectivity index (χ3v) is 14.6. The SMILES string of the molecule is Cc1ccc(N(c2ccc(-c3ccc(N(c4ccc(-c5ccc(NC6CCCCC6)cc5)cc4)c4ccc(-c5ccc(C)s5)cc4)cc3)cc2)c2ccc(-c3ccc(C)s3)cc2)cc1. The van der Waals surface area contributed by atoms with E-state index in [2.05, 4.69) is 230 Å². The summed E-state index contributed by atoms with van der Waals surface area (Å²) in [5.41, 5.74) is 16.5. The molecule has 7 aromatic carbocycles. The fraction of sp³-hybridized carbons (Fsp3) is 0.153. The molecule has 0 unspecified atom stereocenters. The van der Waals surface area contributed by atoms with Crippen LogP contribution in [0.1, 0.15) is 47.4 Å². The molecule has 0 radical (unpaired) electrons. The van der Waals surface area contributed by atoms with Crippen molar-refractivity contribution in [3.05, 3.63) is 209 Å². The van der Waals surface area contributed by atoms with Crippen LogP contribution in [-0.4, -0.2) is 6.04 Å². The molecule has 1 saturated carbocycles. The molecule has 1 aliphatic rings. The Kier molecular flexibility index (Phi) is 12.0. The summed E-state index contributed by atoms with van der Waals surface area (Å²) in [7, 11) is 0. The van der Waals surface area contributed by atoms with Crippen LogP contribution in [0.25, 0.3) is 43.1 Å². The average molecular weight is 868 g/mol. The van der Waals surface area contributed by atoms with Crippen molar-refractivity contribution in [2.24, 2.45) is 0 Å². The summed E-state index contributed by atoms with van der Waals surface area (Å²) in [4.78, 5) is 9.94. The Balaban J connectivity index is 0.922. The van der Waals surface area contributed by atoms with Crippen LogP contribution in [-0.2, 0) is 0 Å². The quantitative estimate of drug-likeness (QED) is 0.132. The molecule has 0 atom stereocenters. The summed E-state index contributed by atoms with van der Waals surface area (Å²) in [5, 5.41) is 3.77. The second-order valence-electron chi connectivity index (χ2n) is 17.1. The Morgan fingerprint density at radius 3 is 0.984 bits per heavy atom. The van der Waals surface area contributed by atoms with Gasteiger partial charge in [-0.25, -0.2) is 0 Å². The zero-order valence-corrected chi connectivity index (χ0v) is 38.4. The van der Waals surface area contributed by atoms with Gasteiger partial charge in [0, 0.05) is 65.4 Å². The largest absolute Gasteiger partial charge is 0.382 e. The predicted molar refractivity (Wildman–Crippen MR) is 278 cm³/mol. The van der Waals surface area contributed by atoms with Gasteiger partial charge in [-0.15, -0.1) is 22.7 Å². The van der Waals surface area contributed by atoms with Crippen molar-refractivity contribution in [3.63, 3.8) is 0 Å². The molecule has 0 saturated heterocycles. The normalized spacial score (nSPS) is 12.9. The molecule has 316 valence electrons. The van der Waals surface area contributed by atoms with Crippen LogP contribution in [0.2, 0.25) is 0 Å². The minimum Gasteiger partial charge on any atom is -0.382 e. The Morgan fingerprint density at radius 1 is 0.344 bits per heavy atom. The van der Waals surface area contributed by atoms with E-state index < -0.39 is 0 Å². The average Bonchev–Trinajstić information content (AvgIpc) is 3.99. The zero-order chi connectivity index (χ0) is 43.4. The Hall–Kier alpha value is -6.66. The molecule has 0 bridgehead atoms. The summed E-state index contributed by atoms with van der Waals surface area (Å²) in [6.45, 7) is 6.47. The molecule has 1 aliphatic carbocycles. The van der Waals surface area contributed by atoms with Gasteiger partial charge < -0.3 is 15.1 Å². The second-order valence-corrected chi connectivity index (χ2v) is 19.7. The first-order valence-electron chi connectivity index (χ1n) is 22.6. The number of nitrogens with one attached hydrogen (secondary N) is 1. The molecule has 2 heterocycles. The Bertz CT molecular complexity index is 2920. The number of aryl methyl sites for hydroxylation is 3. The molecule has 0 spiro atoms. The monoisotopic (exact) mass is 867 g/mol. The number of thiophene rings is 2. The molecule has 1 fully saturated rings. The summed E-state index contributed by atoms with van der Waals surface area (Å²) < 4.78 is 0. The van der Waals surface area contributed by atoms with Gasteiger partial charge in [0.25, 0.3) is 0 Å². The number of benzene rings is 7. The standard InChI is InChI=1S/C59H53N3S2/c1-41-9-27-52(28-10-41)61(56-35-21-48(22-36-56)58-39-11-42(2)63-58)53-31-17-46(18-32-53)47-19-33-55(34-20-47)62(57-37-23-49(24-38-57)59-40-12-43(3)64-59)54-29-15-45(16-30-54)44-13-25-51(26-14-44)60-50-7-5-4-6-8-50/h9-40,50,60H,4-8H2,1-3H3. The van der Waals surface area contributed by atoms with E-state index in [-0.39, 0.29) is 0 Å². The summed E-state index contributed by atoms with van der Waals surface area (Å²) in [6.07, 6.45) is 6.57. The number of rotatable bonds is 12. The van der Waals surface area contributed by atoms with Crippen molar-refractivity contribution in [2.75, 3.05) is 15.1 Å². The van der Waals surface area contributed by atoms with Gasteiger partial charge in [0.15, 0.2) is 0 Å². The van der Waals surface area contributed by atoms with Gasteiger partial charge >= 0.3 is 0 Å². The number of anilines is 7. The van der Waals surface area contributed by atoms with Gasteiger partial charge in [0.1, 0.15) is 0 Å². The van der Waals surface area contributed by atoms with E-state index in [9.17, 15) is 0 Å². The zero-order valence-electron chi connectivity index (χ0n) is 36.8. The van der Waals surface area contributed by atoms with E-state index in [0.29, 0.717) is 6.04 Å². The van der Waals surface area contributed by atoms with E-state index in [4.69, 9.17) is 0 Å². The molecule has 0 amide bonds. The van der Waals surface area contributed by atoms with E-state index in [0.717, 1.165) is 34.1 Å². The van der Waals surface area contributed by atoms with Crippen molar-refractivity contribution in [1.82, 2.24) is 0 Å². The van der Waals surface area contributed by atoms with Crippen LogP contribution in [0.5, 0.6) is 0 Å². The minimum atomic E-state index is 0.596. The van der Waals surface area contributed by atoms with Gasteiger partial charge in [-0.1, -0.05) is 110 Å². The lowest BCUT2D eigenvalue weighted by Gasteiger charge is -2.26. The van der Waals surface area contributed by atoms with Gasteiger partial charge in [-0.2, -0.15) is 0 Å². The van der Waals surface area contributed by atoms with E-state index >= 15 is 0 Å². The molecular weight excluding hydrogens is 815 g/mol. The highest BCUT2D eigenvalue weighted by Gasteiger charge is 2.17. The van der Waals surface area contributed by atoms with Crippen molar-refractivity contribution in [1.29, 1.82) is 0 Å². The van der Waals surface area contributed by atoms with Crippen LogP contribution in [0.4, 0.5) is 39.8 Å². The topological polar surface area (TPSA) is 18.5 Å². The van der Waals surface area contributed by atoms with E-state index in [1.54, 1.807) is 0 Å². The first-order chi connectivity index (χ1) is 31.4. The van der Waals surface area contributed by atoms with Gasteiger partial charge in [0.05, 0.1) is 0 Å². The van der Waals surface area contributed by atoms with Crippen molar-refractivity contribution < 1.29 is 0 Å². The summed E-state index contributed by atoms with van der Waals surface area (Å²) >= 11 is 3.67. The van der Waals surface area contributed by atoms with Crippen LogP contribution in [0.3, 0.4) is 0 Å². The van der Waals surface area contributed by atoms with Crippen LogP contribution in [0.15, 0.2) is 194 Å².